The molecule has 4 nitrogen and oxygen atoms in total. The van der Waals surface area contributed by atoms with Crippen molar-refractivity contribution in [3.05, 3.63) is 97.1 Å². The van der Waals surface area contributed by atoms with Crippen LogP contribution in [0.2, 0.25) is 0 Å². The molecule has 0 aliphatic heterocycles. The highest BCUT2D eigenvalue weighted by atomic mass is 15.0. The monoisotopic (exact) mass is 362 g/mol. The van der Waals surface area contributed by atoms with Crippen molar-refractivity contribution >= 4 is 44.8 Å². The molecule has 0 unspecified atom stereocenters. The smallest absolute Gasteiger partial charge is 0.0916 e. The summed E-state index contributed by atoms with van der Waals surface area (Å²) in [7, 11) is 0. The summed E-state index contributed by atoms with van der Waals surface area (Å²) >= 11 is 0. The summed E-state index contributed by atoms with van der Waals surface area (Å²) in [5, 5.41) is 7.01. The van der Waals surface area contributed by atoms with E-state index >= 15 is 0 Å². The molecule has 0 aliphatic carbocycles. The van der Waals surface area contributed by atoms with Gasteiger partial charge in [-0.05, 0) is 48.5 Å². The quantitative estimate of drug-likeness (QED) is 0.370. The minimum Gasteiger partial charge on any atom is -0.354 e. The summed E-state index contributed by atoms with van der Waals surface area (Å²) in [5.41, 5.74) is 7.44. The third-order valence-electron chi connectivity index (χ3n) is 4.58. The topological polar surface area (TPSA) is 49.8 Å². The van der Waals surface area contributed by atoms with Crippen LogP contribution in [0.15, 0.2) is 97.1 Å². The van der Waals surface area contributed by atoms with Gasteiger partial charge < -0.3 is 10.6 Å². The van der Waals surface area contributed by atoms with Gasteiger partial charge in [0.15, 0.2) is 0 Å². The van der Waals surface area contributed by atoms with E-state index in [9.17, 15) is 0 Å². The molecule has 0 saturated heterocycles. The van der Waals surface area contributed by atoms with Crippen LogP contribution in [0.25, 0.3) is 22.1 Å². The molecule has 1 aromatic heterocycles. The van der Waals surface area contributed by atoms with Gasteiger partial charge in [-0.15, -0.1) is 0 Å². The molecule has 0 radical (unpaired) electrons. The van der Waals surface area contributed by atoms with Gasteiger partial charge in [0.05, 0.1) is 33.4 Å². The second-order valence-corrected chi connectivity index (χ2v) is 6.58. The Hall–Kier alpha value is -3.92. The Labute approximate surface area is 162 Å². The number of para-hydroxylation sites is 4. The number of nitrogens with zero attached hydrogens (tertiary/aromatic N) is 2. The Bertz CT molecular complexity index is 1150. The number of hydrogen-bond acceptors (Lipinski definition) is 4. The maximum absolute atomic E-state index is 4.80. The van der Waals surface area contributed by atoms with E-state index in [0.717, 1.165) is 44.8 Å². The lowest BCUT2D eigenvalue weighted by Crippen LogP contribution is -1.99. The normalized spacial score (nSPS) is 10.9. The number of benzene rings is 4. The highest BCUT2D eigenvalue weighted by molar-refractivity contribution is 5.94. The van der Waals surface area contributed by atoms with Crippen LogP contribution < -0.4 is 10.6 Å². The Balaban J connectivity index is 1.66. The molecule has 5 aromatic rings. The van der Waals surface area contributed by atoms with Crippen LogP contribution >= 0.6 is 0 Å². The Morgan fingerprint density at radius 2 is 0.821 bits per heavy atom. The van der Waals surface area contributed by atoms with Crippen molar-refractivity contribution in [2.45, 2.75) is 0 Å². The molecule has 2 N–H and O–H groups in total. The zero-order valence-electron chi connectivity index (χ0n) is 15.1. The van der Waals surface area contributed by atoms with Crippen molar-refractivity contribution in [1.82, 2.24) is 9.97 Å². The molecule has 0 bridgehead atoms. The fraction of sp³-hybridized carbons (Fsp3) is 0. The molecule has 0 atom stereocenters. The molecule has 134 valence electrons. The van der Waals surface area contributed by atoms with E-state index in [1.54, 1.807) is 0 Å². The number of fused-ring (bicyclic) bond motifs is 2. The fourth-order valence-electron chi connectivity index (χ4n) is 3.23. The molecule has 4 aromatic carbocycles. The largest absolute Gasteiger partial charge is 0.354 e. The van der Waals surface area contributed by atoms with E-state index in [0.29, 0.717) is 0 Å². The molecule has 0 amide bonds. The van der Waals surface area contributed by atoms with Crippen molar-refractivity contribution in [2.75, 3.05) is 10.6 Å². The van der Waals surface area contributed by atoms with Crippen molar-refractivity contribution in [3.63, 3.8) is 0 Å². The predicted molar refractivity (Wildman–Crippen MR) is 116 cm³/mol. The van der Waals surface area contributed by atoms with Gasteiger partial charge in [0.25, 0.3) is 0 Å². The summed E-state index contributed by atoms with van der Waals surface area (Å²) in [6, 6.07) is 32.3. The van der Waals surface area contributed by atoms with Crippen LogP contribution in [0, 0.1) is 0 Å². The van der Waals surface area contributed by atoms with E-state index in [4.69, 9.17) is 9.97 Å². The highest BCUT2D eigenvalue weighted by Gasteiger charge is 2.09. The van der Waals surface area contributed by atoms with Gasteiger partial charge in [-0.3, -0.25) is 0 Å². The van der Waals surface area contributed by atoms with Gasteiger partial charge in [-0.25, -0.2) is 9.97 Å². The number of aromatic nitrogens is 2. The number of nitrogens with one attached hydrogen (secondary N) is 2. The number of hydrogen-bond donors (Lipinski definition) is 2. The average Bonchev–Trinajstić information content (AvgIpc) is 2.74. The molecule has 28 heavy (non-hydrogen) atoms. The predicted octanol–water partition coefficient (Wildman–Crippen LogP) is 6.27. The van der Waals surface area contributed by atoms with E-state index < -0.39 is 0 Å². The summed E-state index contributed by atoms with van der Waals surface area (Å²) in [5.74, 6) is 0. The molecule has 0 spiro atoms. The molecular formula is C24H18N4. The lowest BCUT2D eigenvalue weighted by molar-refractivity contribution is 1.39. The van der Waals surface area contributed by atoms with E-state index in [1.165, 1.54) is 0 Å². The molecule has 0 saturated carbocycles. The van der Waals surface area contributed by atoms with Crippen molar-refractivity contribution < 1.29 is 0 Å². The summed E-state index contributed by atoms with van der Waals surface area (Å²) < 4.78 is 0. The average molecular weight is 362 g/mol. The highest BCUT2D eigenvalue weighted by Crippen LogP contribution is 2.32. The van der Waals surface area contributed by atoms with Gasteiger partial charge in [-0.1, -0.05) is 48.5 Å². The van der Waals surface area contributed by atoms with Gasteiger partial charge in [0.1, 0.15) is 0 Å². The van der Waals surface area contributed by atoms with Crippen molar-refractivity contribution in [3.8, 4) is 0 Å². The number of anilines is 4. The standard InChI is InChI=1S/C24H18N4/c1-3-9-17(10-4-1)25-21-15-23-24(28-20-14-8-7-13-19(20)27-23)16-22(21)26-18-11-5-2-6-12-18/h1-16,25-26H. The third kappa shape index (κ3) is 3.23. The maximum atomic E-state index is 4.80. The zero-order valence-corrected chi connectivity index (χ0v) is 15.1. The molecule has 0 aliphatic rings. The van der Waals surface area contributed by atoms with Crippen molar-refractivity contribution in [1.29, 1.82) is 0 Å². The van der Waals surface area contributed by atoms with E-state index in [1.807, 2.05) is 97.1 Å². The molecule has 1 heterocycles. The first-order valence-corrected chi connectivity index (χ1v) is 9.20. The number of rotatable bonds is 4. The maximum Gasteiger partial charge on any atom is 0.0916 e. The molecule has 0 fully saturated rings. The minimum absolute atomic E-state index is 0.857. The van der Waals surface area contributed by atoms with Gasteiger partial charge in [0, 0.05) is 11.4 Å². The summed E-state index contributed by atoms with van der Waals surface area (Å²) in [6.07, 6.45) is 0. The lowest BCUT2D eigenvalue weighted by atomic mass is 10.2. The Kier molecular flexibility index (Phi) is 4.07. The first-order chi connectivity index (χ1) is 13.8. The molecular weight excluding hydrogens is 344 g/mol. The second-order valence-electron chi connectivity index (χ2n) is 6.58. The Morgan fingerprint density at radius 3 is 1.25 bits per heavy atom. The van der Waals surface area contributed by atoms with E-state index in [2.05, 4.69) is 10.6 Å². The second kappa shape index (κ2) is 7.00. The Morgan fingerprint density at radius 1 is 0.429 bits per heavy atom. The van der Waals surface area contributed by atoms with Gasteiger partial charge >= 0.3 is 0 Å². The molecule has 5 rings (SSSR count). The third-order valence-corrected chi connectivity index (χ3v) is 4.58. The SMILES string of the molecule is c1ccc(Nc2cc3nc4ccccc4nc3cc2Nc2ccccc2)cc1. The van der Waals surface area contributed by atoms with Crippen LogP contribution in [0.3, 0.4) is 0 Å². The van der Waals surface area contributed by atoms with Crippen molar-refractivity contribution in [2.24, 2.45) is 0 Å². The first-order valence-electron chi connectivity index (χ1n) is 9.20. The summed E-state index contributed by atoms with van der Waals surface area (Å²) in [4.78, 5) is 9.60. The van der Waals surface area contributed by atoms with Gasteiger partial charge in [0.2, 0.25) is 0 Å². The zero-order chi connectivity index (χ0) is 18.8. The minimum atomic E-state index is 0.857. The van der Waals surface area contributed by atoms with E-state index in [-0.39, 0.29) is 0 Å². The van der Waals surface area contributed by atoms with Crippen LogP contribution in [0.1, 0.15) is 0 Å². The van der Waals surface area contributed by atoms with Gasteiger partial charge in [-0.2, -0.15) is 0 Å². The fourth-order valence-corrected chi connectivity index (χ4v) is 3.23. The van der Waals surface area contributed by atoms with Crippen LogP contribution in [-0.2, 0) is 0 Å². The van der Waals surface area contributed by atoms with Crippen LogP contribution in [-0.4, -0.2) is 9.97 Å². The van der Waals surface area contributed by atoms with Crippen LogP contribution in [0.4, 0.5) is 22.7 Å². The summed E-state index contributed by atoms with van der Waals surface area (Å²) in [6.45, 7) is 0. The first kappa shape index (κ1) is 16.3. The lowest BCUT2D eigenvalue weighted by Gasteiger charge is -2.15. The van der Waals surface area contributed by atoms with Crippen LogP contribution in [0.5, 0.6) is 0 Å². The molecule has 4 heteroatoms.